The van der Waals surface area contributed by atoms with Crippen LogP contribution in [0.4, 0.5) is 0 Å². The summed E-state index contributed by atoms with van der Waals surface area (Å²) in [6.45, 7) is 8.03. The van der Waals surface area contributed by atoms with E-state index in [0.29, 0.717) is 18.1 Å². The van der Waals surface area contributed by atoms with Crippen LogP contribution in [0, 0.1) is 0 Å². The highest BCUT2D eigenvalue weighted by atomic mass is 16.5. The van der Waals surface area contributed by atoms with Crippen molar-refractivity contribution in [1.29, 1.82) is 0 Å². The predicted octanol–water partition coefficient (Wildman–Crippen LogP) is 3.19. The van der Waals surface area contributed by atoms with Crippen LogP contribution < -0.4 is 14.8 Å². The zero-order valence-corrected chi connectivity index (χ0v) is 12.9. The van der Waals surface area contributed by atoms with Crippen molar-refractivity contribution in [3.8, 4) is 11.5 Å². The number of benzene rings is 1. The van der Waals surface area contributed by atoms with Crippen molar-refractivity contribution in [2.45, 2.75) is 26.3 Å². The molecule has 1 atom stereocenters. The van der Waals surface area contributed by atoms with E-state index in [1.54, 1.807) is 19.3 Å². The number of methoxy groups -OCH3 is 1. The fraction of sp³-hybridized carbons (Fsp3) is 0.353. The number of rotatable bonds is 8. The van der Waals surface area contributed by atoms with Crippen molar-refractivity contribution in [2.24, 2.45) is 0 Å². The number of carbonyl (C=O) groups is 1. The highest BCUT2D eigenvalue weighted by Crippen LogP contribution is 2.28. The van der Waals surface area contributed by atoms with Crippen LogP contribution in [-0.4, -0.2) is 25.7 Å². The van der Waals surface area contributed by atoms with Crippen LogP contribution in [-0.2, 0) is 4.79 Å². The van der Waals surface area contributed by atoms with Gasteiger partial charge in [0.1, 0.15) is 6.61 Å². The summed E-state index contributed by atoms with van der Waals surface area (Å²) in [7, 11) is 1.58. The zero-order chi connectivity index (χ0) is 15.7. The van der Waals surface area contributed by atoms with Gasteiger partial charge >= 0.3 is 0 Å². The molecule has 0 spiro atoms. The second kappa shape index (κ2) is 8.84. The topological polar surface area (TPSA) is 47.6 Å². The van der Waals surface area contributed by atoms with Crippen LogP contribution in [0.15, 0.2) is 36.9 Å². The van der Waals surface area contributed by atoms with E-state index in [9.17, 15) is 4.79 Å². The lowest BCUT2D eigenvalue weighted by molar-refractivity contribution is -0.117. The minimum atomic E-state index is -0.102. The van der Waals surface area contributed by atoms with E-state index < -0.39 is 0 Å². The van der Waals surface area contributed by atoms with Crippen molar-refractivity contribution in [2.75, 3.05) is 13.7 Å². The van der Waals surface area contributed by atoms with Gasteiger partial charge in [0.25, 0.3) is 0 Å². The fourth-order valence-electron chi connectivity index (χ4n) is 1.62. The molecule has 0 radical (unpaired) electrons. The van der Waals surface area contributed by atoms with Crippen molar-refractivity contribution in [1.82, 2.24) is 5.32 Å². The summed E-state index contributed by atoms with van der Waals surface area (Å²) in [5.74, 6) is 1.18. The van der Waals surface area contributed by atoms with E-state index in [0.717, 1.165) is 12.0 Å². The van der Waals surface area contributed by atoms with Gasteiger partial charge in [0.05, 0.1) is 7.11 Å². The van der Waals surface area contributed by atoms with Crippen LogP contribution in [0.1, 0.15) is 25.8 Å². The first kappa shape index (κ1) is 16.8. The minimum absolute atomic E-state index is 0.102. The summed E-state index contributed by atoms with van der Waals surface area (Å²) in [4.78, 5) is 11.7. The van der Waals surface area contributed by atoms with Gasteiger partial charge in [0.15, 0.2) is 11.5 Å². The molecule has 21 heavy (non-hydrogen) atoms. The third-order valence-corrected chi connectivity index (χ3v) is 2.97. The van der Waals surface area contributed by atoms with Crippen molar-refractivity contribution >= 4 is 12.0 Å². The Bertz CT molecular complexity index is 509. The monoisotopic (exact) mass is 289 g/mol. The first-order valence-electron chi connectivity index (χ1n) is 7.01. The maximum Gasteiger partial charge on any atom is 0.244 e. The Morgan fingerprint density at radius 1 is 1.43 bits per heavy atom. The Kier molecular flexibility index (Phi) is 7.09. The standard InChI is InChI=1S/C17H23NO3/c1-5-11-21-15-9-7-14(12-16(15)20-4)8-10-17(19)18-13(3)6-2/h5,7-10,12-13H,1,6,11H2,2-4H3,(H,18,19)/b10-8+. The minimum Gasteiger partial charge on any atom is -0.493 e. The summed E-state index contributed by atoms with van der Waals surface area (Å²) >= 11 is 0. The van der Waals surface area contributed by atoms with Crippen molar-refractivity contribution in [3.05, 3.63) is 42.5 Å². The Labute approximate surface area is 126 Å². The molecule has 1 aromatic carbocycles. The van der Waals surface area contributed by atoms with Gasteiger partial charge in [-0.15, -0.1) is 0 Å². The predicted molar refractivity (Wildman–Crippen MR) is 85.6 cm³/mol. The normalized spacial score (nSPS) is 12.0. The highest BCUT2D eigenvalue weighted by Gasteiger charge is 2.05. The van der Waals surface area contributed by atoms with Gasteiger partial charge in [-0.05, 0) is 37.1 Å². The average molecular weight is 289 g/mol. The summed E-state index contributed by atoms with van der Waals surface area (Å²) in [5, 5.41) is 2.87. The van der Waals surface area contributed by atoms with E-state index >= 15 is 0 Å². The summed E-state index contributed by atoms with van der Waals surface area (Å²) in [6.07, 6.45) is 5.85. The van der Waals surface area contributed by atoms with Crippen molar-refractivity contribution < 1.29 is 14.3 Å². The summed E-state index contributed by atoms with van der Waals surface area (Å²) in [6, 6.07) is 5.68. The fourth-order valence-corrected chi connectivity index (χ4v) is 1.62. The highest BCUT2D eigenvalue weighted by molar-refractivity contribution is 5.91. The van der Waals surface area contributed by atoms with Crippen LogP contribution in [0.3, 0.4) is 0 Å². The Morgan fingerprint density at radius 2 is 2.19 bits per heavy atom. The Hall–Kier alpha value is -2.23. The molecule has 0 heterocycles. The van der Waals surface area contributed by atoms with Gasteiger partial charge in [0.2, 0.25) is 5.91 Å². The third-order valence-electron chi connectivity index (χ3n) is 2.97. The second-order valence-corrected chi connectivity index (χ2v) is 4.66. The zero-order valence-electron chi connectivity index (χ0n) is 12.9. The average Bonchev–Trinajstić information content (AvgIpc) is 2.50. The molecule has 0 aliphatic rings. The van der Waals surface area contributed by atoms with Gasteiger partial charge in [-0.3, -0.25) is 4.79 Å². The van der Waals surface area contributed by atoms with Crippen LogP contribution >= 0.6 is 0 Å². The van der Waals surface area contributed by atoms with E-state index in [1.807, 2.05) is 32.0 Å². The van der Waals surface area contributed by atoms with Gasteiger partial charge in [-0.2, -0.15) is 0 Å². The maximum atomic E-state index is 11.7. The van der Waals surface area contributed by atoms with Crippen LogP contribution in [0.5, 0.6) is 11.5 Å². The first-order valence-corrected chi connectivity index (χ1v) is 7.01. The largest absolute Gasteiger partial charge is 0.493 e. The molecule has 0 aromatic heterocycles. The Morgan fingerprint density at radius 3 is 2.81 bits per heavy atom. The molecule has 1 amide bonds. The molecule has 0 aliphatic carbocycles. The van der Waals surface area contributed by atoms with Crippen molar-refractivity contribution in [3.63, 3.8) is 0 Å². The maximum absolute atomic E-state index is 11.7. The number of hydrogen-bond donors (Lipinski definition) is 1. The molecule has 1 N–H and O–H groups in total. The molecule has 4 nitrogen and oxygen atoms in total. The third kappa shape index (κ3) is 5.73. The van der Waals surface area contributed by atoms with Gasteiger partial charge in [0, 0.05) is 12.1 Å². The number of hydrogen-bond acceptors (Lipinski definition) is 3. The first-order chi connectivity index (χ1) is 10.1. The molecule has 1 rings (SSSR count). The number of nitrogens with one attached hydrogen (secondary N) is 1. The van der Waals surface area contributed by atoms with Gasteiger partial charge < -0.3 is 14.8 Å². The van der Waals surface area contributed by atoms with E-state index in [1.165, 1.54) is 6.08 Å². The molecule has 1 unspecified atom stereocenters. The molecule has 114 valence electrons. The van der Waals surface area contributed by atoms with Crippen LogP contribution in [0.25, 0.3) is 6.08 Å². The molecule has 0 bridgehead atoms. The summed E-state index contributed by atoms with van der Waals surface area (Å²) in [5.41, 5.74) is 0.872. The SMILES string of the molecule is C=CCOc1ccc(/C=C/C(=O)NC(C)CC)cc1OC. The molecule has 0 saturated heterocycles. The second-order valence-electron chi connectivity index (χ2n) is 4.66. The van der Waals surface area contributed by atoms with Crippen LogP contribution in [0.2, 0.25) is 0 Å². The molecule has 0 saturated carbocycles. The summed E-state index contributed by atoms with van der Waals surface area (Å²) < 4.78 is 10.8. The molecule has 0 fully saturated rings. The van der Waals surface area contributed by atoms with E-state index in [2.05, 4.69) is 11.9 Å². The van der Waals surface area contributed by atoms with Gasteiger partial charge in [-0.25, -0.2) is 0 Å². The lowest BCUT2D eigenvalue weighted by Crippen LogP contribution is -2.30. The number of amides is 1. The van der Waals surface area contributed by atoms with E-state index in [-0.39, 0.29) is 11.9 Å². The van der Waals surface area contributed by atoms with Gasteiger partial charge in [-0.1, -0.05) is 25.6 Å². The number of carbonyl (C=O) groups excluding carboxylic acids is 1. The molecular weight excluding hydrogens is 266 g/mol. The molecule has 4 heteroatoms. The Balaban J connectivity index is 2.75. The number of ether oxygens (including phenoxy) is 2. The van der Waals surface area contributed by atoms with E-state index in [4.69, 9.17) is 9.47 Å². The smallest absolute Gasteiger partial charge is 0.244 e. The molecule has 1 aromatic rings. The lowest BCUT2D eigenvalue weighted by atomic mass is 10.2. The quantitative estimate of drug-likeness (QED) is 0.590. The molecular formula is C17H23NO3. The molecule has 0 aliphatic heterocycles. The lowest BCUT2D eigenvalue weighted by Gasteiger charge is -2.10.